The van der Waals surface area contributed by atoms with Crippen molar-refractivity contribution in [2.45, 2.75) is 51.0 Å². The van der Waals surface area contributed by atoms with E-state index in [9.17, 15) is 0 Å². The van der Waals surface area contributed by atoms with Crippen molar-refractivity contribution in [1.82, 2.24) is 0 Å². The van der Waals surface area contributed by atoms with Crippen molar-refractivity contribution in [3.05, 3.63) is 0 Å². The van der Waals surface area contributed by atoms with Crippen LogP contribution in [0.5, 0.6) is 0 Å². The number of rotatable bonds is 3. The van der Waals surface area contributed by atoms with E-state index in [-0.39, 0.29) is 0 Å². The van der Waals surface area contributed by atoms with Gasteiger partial charge in [0.1, 0.15) is 0 Å². The highest BCUT2D eigenvalue weighted by Gasteiger charge is 2.36. The minimum absolute atomic E-state index is 0.441. The zero-order valence-electron chi connectivity index (χ0n) is 8.23. The molecule has 1 heterocycles. The van der Waals surface area contributed by atoms with Gasteiger partial charge >= 0.3 is 0 Å². The molecule has 0 bridgehead atoms. The summed E-state index contributed by atoms with van der Waals surface area (Å²) in [6.45, 7) is 0.975. The van der Waals surface area contributed by atoms with Crippen molar-refractivity contribution in [2.75, 3.05) is 12.5 Å². The van der Waals surface area contributed by atoms with Gasteiger partial charge in [-0.05, 0) is 37.5 Å². The summed E-state index contributed by atoms with van der Waals surface area (Å²) in [4.78, 5) is 0. The summed E-state index contributed by atoms with van der Waals surface area (Å²) in [6, 6.07) is 0. The molecule has 2 heteroatoms. The fraction of sp³-hybridized carbons (Fsp3) is 1.00. The van der Waals surface area contributed by atoms with Crippen LogP contribution in [0.1, 0.15) is 44.9 Å². The highest BCUT2D eigenvalue weighted by Crippen LogP contribution is 2.44. The van der Waals surface area contributed by atoms with Gasteiger partial charge in [0, 0.05) is 12.5 Å². The number of alkyl halides is 1. The maximum atomic E-state index is 6.09. The van der Waals surface area contributed by atoms with Crippen LogP contribution >= 0.6 is 11.6 Å². The Balaban J connectivity index is 1.88. The molecule has 1 aliphatic heterocycles. The van der Waals surface area contributed by atoms with Gasteiger partial charge in [-0.15, -0.1) is 11.6 Å². The van der Waals surface area contributed by atoms with Gasteiger partial charge in [-0.3, -0.25) is 0 Å². The lowest BCUT2D eigenvalue weighted by Crippen LogP contribution is -2.25. The van der Waals surface area contributed by atoms with Crippen molar-refractivity contribution in [2.24, 2.45) is 5.41 Å². The molecular weight excluding hydrogens is 184 g/mol. The Hall–Kier alpha value is 0.250. The maximum Gasteiger partial charge on any atom is 0.0581 e. The number of halogens is 1. The minimum atomic E-state index is 0.441. The summed E-state index contributed by atoms with van der Waals surface area (Å²) in [7, 11) is 0. The van der Waals surface area contributed by atoms with Crippen LogP contribution in [0.4, 0.5) is 0 Å². The smallest absolute Gasteiger partial charge is 0.0581 e. The average Bonchev–Trinajstić information content (AvgIpc) is 2.77. The third-order valence-electron chi connectivity index (χ3n) is 3.63. The van der Waals surface area contributed by atoms with Crippen molar-refractivity contribution >= 4 is 11.6 Å². The van der Waals surface area contributed by atoms with Crippen LogP contribution in [0.25, 0.3) is 0 Å². The van der Waals surface area contributed by atoms with E-state index in [1.54, 1.807) is 0 Å². The summed E-state index contributed by atoms with van der Waals surface area (Å²) in [6.07, 6.45) is 9.67. The Labute approximate surface area is 85.8 Å². The second-order valence-corrected chi connectivity index (χ2v) is 4.95. The lowest BCUT2D eigenvalue weighted by atomic mass is 9.82. The number of ether oxygens (including phenoxy) is 1. The fourth-order valence-corrected chi connectivity index (χ4v) is 3.18. The number of hydrogen-bond donors (Lipinski definition) is 0. The van der Waals surface area contributed by atoms with Crippen molar-refractivity contribution in [1.29, 1.82) is 0 Å². The summed E-state index contributed by atoms with van der Waals surface area (Å²) in [5, 5.41) is 0. The molecule has 1 saturated heterocycles. The van der Waals surface area contributed by atoms with Gasteiger partial charge in [0.2, 0.25) is 0 Å². The van der Waals surface area contributed by atoms with Gasteiger partial charge in [0.05, 0.1) is 6.10 Å². The van der Waals surface area contributed by atoms with Gasteiger partial charge in [-0.25, -0.2) is 0 Å². The Bertz CT molecular complexity index is 157. The summed E-state index contributed by atoms with van der Waals surface area (Å²) < 4.78 is 5.68. The lowest BCUT2D eigenvalue weighted by Gasteiger charge is -2.28. The first-order valence-corrected chi connectivity index (χ1v) is 6.06. The van der Waals surface area contributed by atoms with E-state index >= 15 is 0 Å². The topological polar surface area (TPSA) is 9.23 Å². The standard InChI is InChI=1S/C11H19ClO/c12-9-11(5-1-2-6-11)8-10-4-3-7-13-10/h10H,1-9H2. The first-order valence-electron chi connectivity index (χ1n) is 5.52. The van der Waals surface area contributed by atoms with Crippen LogP contribution in [0.3, 0.4) is 0 Å². The molecule has 0 aromatic rings. The molecule has 0 aromatic carbocycles. The SMILES string of the molecule is ClCC1(CC2CCCO2)CCCC1. The quantitative estimate of drug-likeness (QED) is 0.638. The molecule has 13 heavy (non-hydrogen) atoms. The molecule has 1 aliphatic carbocycles. The molecule has 0 radical (unpaired) electrons. The van der Waals surface area contributed by atoms with Gasteiger partial charge in [0.15, 0.2) is 0 Å². The van der Waals surface area contributed by atoms with Gasteiger partial charge in [-0.2, -0.15) is 0 Å². The normalized spacial score (nSPS) is 32.5. The van der Waals surface area contributed by atoms with E-state index in [1.165, 1.54) is 44.9 Å². The summed E-state index contributed by atoms with van der Waals surface area (Å²) >= 11 is 6.09. The van der Waals surface area contributed by atoms with Crippen molar-refractivity contribution < 1.29 is 4.74 Å². The highest BCUT2D eigenvalue weighted by molar-refractivity contribution is 6.18. The van der Waals surface area contributed by atoms with Crippen LogP contribution in [0, 0.1) is 5.41 Å². The Morgan fingerprint density at radius 3 is 2.54 bits per heavy atom. The highest BCUT2D eigenvalue weighted by atomic mass is 35.5. The predicted octanol–water partition coefficient (Wildman–Crippen LogP) is 3.35. The zero-order chi connectivity index (χ0) is 9.15. The fourth-order valence-electron chi connectivity index (χ4n) is 2.81. The third kappa shape index (κ3) is 2.19. The zero-order valence-corrected chi connectivity index (χ0v) is 8.98. The molecule has 0 spiro atoms. The van der Waals surface area contributed by atoms with Gasteiger partial charge in [-0.1, -0.05) is 12.8 Å². The van der Waals surface area contributed by atoms with E-state index in [4.69, 9.17) is 16.3 Å². The monoisotopic (exact) mass is 202 g/mol. The van der Waals surface area contributed by atoms with E-state index in [1.807, 2.05) is 0 Å². The van der Waals surface area contributed by atoms with Gasteiger partial charge < -0.3 is 4.74 Å². The van der Waals surface area contributed by atoms with Crippen molar-refractivity contribution in [3.8, 4) is 0 Å². The molecule has 2 rings (SSSR count). The predicted molar refractivity (Wildman–Crippen MR) is 55.2 cm³/mol. The second kappa shape index (κ2) is 4.18. The largest absolute Gasteiger partial charge is 0.378 e. The average molecular weight is 203 g/mol. The van der Waals surface area contributed by atoms with E-state index < -0.39 is 0 Å². The van der Waals surface area contributed by atoms with E-state index in [0.29, 0.717) is 11.5 Å². The molecule has 0 N–H and O–H groups in total. The lowest BCUT2D eigenvalue weighted by molar-refractivity contribution is 0.0691. The Morgan fingerprint density at radius 2 is 2.00 bits per heavy atom. The Morgan fingerprint density at radius 1 is 1.23 bits per heavy atom. The first kappa shape index (κ1) is 9.79. The molecule has 76 valence electrons. The van der Waals surface area contributed by atoms with Crippen LogP contribution in [0.15, 0.2) is 0 Å². The molecule has 1 nitrogen and oxygen atoms in total. The first-order chi connectivity index (χ1) is 6.35. The van der Waals surface area contributed by atoms with Gasteiger partial charge in [0.25, 0.3) is 0 Å². The second-order valence-electron chi connectivity index (χ2n) is 4.68. The van der Waals surface area contributed by atoms with E-state index in [2.05, 4.69) is 0 Å². The Kier molecular flexibility index (Phi) is 3.15. The molecular formula is C11H19ClO. The molecule has 1 saturated carbocycles. The number of hydrogen-bond acceptors (Lipinski definition) is 1. The van der Waals surface area contributed by atoms with Crippen LogP contribution in [-0.2, 0) is 4.74 Å². The molecule has 2 fully saturated rings. The molecule has 0 aromatic heterocycles. The van der Waals surface area contributed by atoms with Crippen molar-refractivity contribution in [3.63, 3.8) is 0 Å². The molecule has 0 amide bonds. The van der Waals surface area contributed by atoms with E-state index in [0.717, 1.165) is 12.5 Å². The summed E-state index contributed by atoms with van der Waals surface area (Å²) in [5.41, 5.74) is 0.441. The maximum absolute atomic E-state index is 6.09. The molecule has 1 atom stereocenters. The van der Waals surface area contributed by atoms with Crippen LogP contribution in [-0.4, -0.2) is 18.6 Å². The van der Waals surface area contributed by atoms with Crippen LogP contribution < -0.4 is 0 Å². The minimum Gasteiger partial charge on any atom is -0.378 e. The van der Waals surface area contributed by atoms with Crippen LogP contribution in [0.2, 0.25) is 0 Å². The molecule has 1 unspecified atom stereocenters. The molecule has 2 aliphatic rings. The summed E-state index contributed by atoms with van der Waals surface area (Å²) in [5.74, 6) is 0.840. The third-order valence-corrected chi connectivity index (χ3v) is 4.20.